The van der Waals surface area contributed by atoms with Gasteiger partial charge in [-0.3, -0.25) is 14.4 Å². The normalized spacial score (nSPS) is 19.5. The monoisotopic (exact) mass is 460 g/mol. The second kappa shape index (κ2) is 10.6. The first-order valence-corrected chi connectivity index (χ1v) is 12.0. The number of hydrogen-bond donors (Lipinski definition) is 2. The highest BCUT2D eigenvalue weighted by atomic mass is 16.2. The number of rotatable bonds is 6. The molecule has 178 valence electrons. The van der Waals surface area contributed by atoms with Gasteiger partial charge in [0.2, 0.25) is 18.0 Å². The fourth-order valence-corrected chi connectivity index (χ4v) is 4.72. The van der Waals surface area contributed by atoms with Crippen molar-refractivity contribution < 1.29 is 14.4 Å². The van der Waals surface area contributed by atoms with E-state index in [1.807, 2.05) is 54.6 Å². The van der Waals surface area contributed by atoms with E-state index in [1.54, 1.807) is 14.0 Å². The molecule has 1 fully saturated rings. The molecule has 1 saturated carbocycles. The van der Waals surface area contributed by atoms with E-state index in [4.69, 9.17) is 4.99 Å². The molecule has 2 atom stereocenters. The smallest absolute Gasteiger partial charge is 0.272 e. The minimum atomic E-state index is -1.10. The van der Waals surface area contributed by atoms with E-state index in [0.29, 0.717) is 18.1 Å². The van der Waals surface area contributed by atoms with Crippen LogP contribution in [-0.2, 0) is 14.4 Å². The van der Waals surface area contributed by atoms with E-state index in [-0.39, 0.29) is 11.8 Å². The van der Waals surface area contributed by atoms with Gasteiger partial charge in [0.15, 0.2) is 0 Å². The fourth-order valence-electron chi connectivity index (χ4n) is 4.72. The maximum Gasteiger partial charge on any atom is 0.272 e. The van der Waals surface area contributed by atoms with Crippen LogP contribution < -0.4 is 15.5 Å². The van der Waals surface area contributed by atoms with Crippen LogP contribution in [0.5, 0.6) is 0 Å². The highest BCUT2D eigenvalue weighted by Crippen LogP contribution is 2.27. The van der Waals surface area contributed by atoms with Crippen molar-refractivity contribution in [1.29, 1.82) is 0 Å². The molecule has 7 nitrogen and oxygen atoms in total. The largest absolute Gasteiger partial charge is 0.345 e. The summed E-state index contributed by atoms with van der Waals surface area (Å²) in [6.45, 7) is 1.63. The number of aliphatic imine (C=N–C) groups is 1. The quantitative estimate of drug-likeness (QED) is 0.692. The molecule has 2 aromatic carbocycles. The summed E-state index contributed by atoms with van der Waals surface area (Å²) in [4.78, 5) is 44.9. The summed E-state index contributed by atoms with van der Waals surface area (Å²) >= 11 is 0. The van der Waals surface area contributed by atoms with E-state index < -0.39 is 18.1 Å². The lowest BCUT2D eigenvalue weighted by Crippen LogP contribution is -2.52. The zero-order valence-corrected chi connectivity index (χ0v) is 19.8. The average Bonchev–Trinajstić information content (AvgIpc) is 2.96. The number of nitrogens with one attached hydrogen (secondary N) is 2. The van der Waals surface area contributed by atoms with Gasteiger partial charge in [0, 0.05) is 24.6 Å². The molecule has 1 aliphatic carbocycles. The summed E-state index contributed by atoms with van der Waals surface area (Å²) in [6, 6.07) is 16.4. The van der Waals surface area contributed by atoms with Gasteiger partial charge in [-0.15, -0.1) is 0 Å². The van der Waals surface area contributed by atoms with Crippen LogP contribution in [0.3, 0.4) is 0 Å². The SMILES string of the molecule is C[C@H](NC(=O)CC1CCCCC1)C(=O)N[C@H]1N=C(c2ccccc2)c2ccccc2N(C)C1=O. The van der Waals surface area contributed by atoms with Gasteiger partial charge in [0.1, 0.15) is 6.04 Å². The number of anilines is 1. The van der Waals surface area contributed by atoms with E-state index in [0.717, 1.165) is 42.5 Å². The van der Waals surface area contributed by atoms with Gasteiger partial charge < -0.3 is 15.5 Å². The molecule has 2 aliphatic rings. The van der Waals surface area contributed by atoms with Crippen LogP contribution in [-0.4, -0.2) is 42.7 Å². The summed E-state index contributed by atoms with van der Waals surface area (Å²) in [6.07, 6.45) is 5.02. The molecule has 2 aromatic rings. The lowest BCUT2D eigenvalue weighted by Gasteiger charge is -2.23. The van der Waals surface area contributed by atoms with Gasteiger partial charge in [-0.25, -0.2) is 4.99 Å². The third-order valence-electron chi connectivity index (χ3n) is 6.64. The Kier molecular flexibility index (Phi) is 7.40. The fraction of sp³-hybridized carbons (Fsp3) is 0.407. The molecule has 0 radical (unpaired) electrons. The molecule has 0 aromatic heterocycles. The summed E-state index contributed by atoms with van der Waals surface area (Å²) in [5, 5.41) is 5.54. The number of benzene rings is 2. The molecule has 34 heavy (non-hydrogen) atoms. The zero-order chi connectivity index (χ0) is 24.1. The van der Waals surface area contributed by atoms with Gasteiger partial charge >= 0.3 is 0 Å². The standard InChI is InChI=1S/C27H32N4O3/c1-18(28-23(32)17-19-11-5-3-6-12-19)26(33)30-25-27(34)31(2)22-16-10-9-15-21(22)24(29-25)20-13-7-4-8-14-20/h4,7-10,13-16,18-19,25H,3,5-6,11-12,17H2,1-2H3,(H,28,32)(H,30,33)/t18-,25+/m0/s1. The maximum absolute atomic E-state index is 13.2. The minimum Gasteiger partial charge on any atom is -0.345 e. The Morgan fingerprint density at radius 1 is 1.03 bits per heavy atom. The van der Waals surface area contributed by atoms with E-state index in [2.05, 4.69) is 10.6 Å². The highest BCUT2D eigenvalue weighted by Gasteiger charge is 2.32. The van der Waals surface area contributed by atoms with E-state index >= 15 is 0 Å². The van der Waals surface area contributed by atoms with E-state index in [9.17, 15) is 14.4 Å². The van der Waals surface area contributed by atoms with Gasteiger partial charge in [0.25, 0.3) is 5.91 Å². The van der Waals surface area contributed by atoms with Crippen molar-refractivity contribution in [2.45, 2.75) is 57.7 Å². The van der Waals surface area contributed by atoms with E-state index in [1.165, 1.54) is 11.3 Å². The molecule has 0 unspecified atom stereocenters. The maximum atomic E-state index is 13.2. The van der Waals surface area contributed by atoms with Crippen LogP contribution in [0.25, 0.3) is 0 Å². The Bertz CT molecular complexity index is 1080. The van der Waals surface area contributed by atoms with Crippen molar-refractivity contribution >= 4 is 29.1 Å². The predicted molar refractivity (Wildman–Crippen MR) is 133 cm³/mol. The van der Waals surface area contributed by atoms with Gasteiger partial charge in [-0.2, -0.15) is 0 Å². The van der Waals surface area contributed by atoms with Crippen LogP contribution in [0, 0.1) is 5.92 Å². The van der Waals surface area contributed by atoms with Crippen LogP contribution in [0.1, 0.15) is 56.6 Å². The molecule has 4 rings (SSSR count). The van der Waals surface area contributed by atoms with Gasteiger partial charge in [0.05, 0.1) is 11.4 Å². The number of nitrogens with zero attached hydrogens (tertiary/aromatic N) is 2. The summed E-state index contributed by atoms with van der Waals surface area (Å²) < 4.78 is 0. The van der Waals surface area contributed by atoms with Crippen molar-refractivity contribution in [1.82, 2.24) is 10.6 Å². The van der Waals surface area contributed by atoms with Crippen LogP contribution >= 0.6 is 0 Å². The number of benzodiazepines with no additional fused rings is 1. The Morgan fingerprint density at radius 2 is 1.71 bits per heavy atom. The first kappa shape index (κ1) is 23.7. The molecular formula is C27H32N4O3. The Hall–Kier alpha value is -3.48. The second-order valence-electron chi connectivity index (χ2n) is 9.17. The molecule has 3 amide bonds. The van der Waals surface area contributed by atoms with Crippen molar-refractivity contribution in [3.63, 3.8) is 0 Å². The molecule has 1 aliphatic heterocycles. The Labute approximate surface area is 200 Å². The Balaban J connectivity index is 1.51. The lowest BCUT2D eigenvalue weighted by molar-refractivity contribution is -0.131. The molecular weight excluding hydrogens is 428 g/mol. The van der Waals surface area contributed by atoms with Crippen molar-refractivity contribution in [3.8, 4) is 0 Å². The number of para-hydroxylation sites is 1. The molecule has 0 bridgehead atoms. The first-order valence-electron chi connectivity index (χ1n) is 12.0. The highest BCUT2D eigenvalue weighted by molar-refractivity contribution is 6.20. The number of amides is 3. The Morgan fingerprint density at radius 3 is 2.44 bits per heavy atom. The number of fused-ring (bicyclic) bond motifs is 1. The van der Waals surface area contributed by atoms with Crippen LogP contribution in [0.15, 0.2) is 59.6 Å². The van der Waals surface area contributed by atoms with Gasteiger partial charge in [-0.05, 0) is 31.7 Å². The number of likely N-dealkylation sites (N-methyl/N-ethyl adjacent to an activating group) is 1. The van der Waals surface area contributed by atoms with Crippen molar-refractivity contribution in [2.24, 2.45) is 10.9 Å². The average molecular weight is 461 g/mol. The first-order chi connectivity index (χ1) is 16.4. The third-order valence-corrected chi connectivity index (χ3v) is 6.64. The van der Waals surface area contributed by atoms with Crippen LogP contribution in [0.2, 0.25) is 0 Å². The van der Waals surface area contributed by atoms with Crippen molar-refractivity contribution in [2.75, 3.05) is 11.9 Å². The zero-order valence-electron chi connectivity index (χ0n) is 19.8. The molecule has 0 saturated heterocycles. The van der Waals surface area contributed by atoms with Crippen LogP contribution in [0.4, 0.5) is 5.69 Å². The van der Waals surface area contributed by atoms with Crippen molar-refractivity contribution in [3.05, 3.63) is 65.7 Å². The van der Waals surface area contributed by atoms with Gasteiger partial charge in [-0.1, -0.05) is 67.8 Å². The lowest BCUT2D eigenvalue weighted by atomic mass is 9.87. The predicted octanol–water partition coefficient (Wildman–Crippen LogP) is 3.42. The number of carbonyl (C=O) groups excluding carboxylic acids is 3. The number of hydrogen-bond acceptors (Lipinski definition) is 4. The second-order valence-corrected chi connectivity index (χ2v) is 9.17. The summed E-state index contributed by atoms with van der Waals surface area (Å²) in [5.74, 6) is -0.518. The third kappa shape index (κ3) is 5.35. The molecule has 1 heterocycles. The summed E-state index contributed by atoms with van der Waals surface area (Å²) in [7, 11) is 1.68. The molecule has 2 N–H and O–H groups in total. The molecule has 0 spiro atoms. The topological polar surface area (TPSA) is 90.9 Å². The molecule has 7 heteroatoms. The minimum absolute atomic E-state index is 0.125. The summed E-state index contributed by atoms with van der Waals surface area (Å²) in [5.41, 5.74) is 3.02. The number of carbonyl (C=O) groups is 3.